The number of hydrogen-bond acceptors (Lipinski definition) is 3. The molecule has 5 heteroatoms. The topological polar surface area (TPSA) is 26.1 Å². The van der Waals surface area contributed by atoms with Crippen LogP contribution >= 0.6 is 0 Å². The highest BCUT2D eigenvalue weighted by Crippen LogP contribution is 2.22. The predicted molar refractivity (Wildman–Crippen MR) is 135 cm³/mol. The Morgan fingerprint density at radius 3 is 1.85 bits per heavy atom. The fourth-order valence-corrected chi connectivity index (χ4v) is 4.56. The Morgan fingerprint density at radius 1 is 0.735 bits per heavy atom. The summed E-state index contributed by atoms with van der Waals surface area (Å²) in [6, 6.07) is 29.4. The Morgan fingerprint density at radius 2 is 1.26 bits per heavy atom. The van der Waals surface area contributed by atoms with E-state index in [0.717, 1.165) is 31.3 Å². The van der Waals surface area contributed by atoms with Gasteiger partial charge in [-0.05, 0) is 59.7 Å². The van der Waals surface area contributed by atoms with Crippen LogP contribution in [0.2, 0.25) is 0 Å². The second-order valence-corrected chi connectivity index (χ2v) is 8.98. The third kappa shape index (κ3) is 5.91. The minimum atomic E-state index is 0. The Balaban J connectivity index is 0.00000274. The average molecular weight is 519 g/mol. The molecule has 0 saturated carbocycles. The number of nitrogens with zero attached hydrogens (tertiary/aromatic N) is 1. The maximum Gasteiger partial charge on any atom is 0.157 e. The quantitative estimate of drug-likeness (QED) is 0.385. The fraction of sp³-hybridized carbons (Fsp3) is 0.241. The van der Waals surface area contributed by atoms with Crippen LogP contribution in [0.5, 0.6) is 11.5 Å². The van der Waals surface area contributed by atoms with Crippen molar-refractivity contribution >= 4 is 21.5 Å². The molecule has 176 valence electrons. The van der Waals surface area contributed by atoms with Gasteiger partial charge in [-0.1, -0.05) is 60.7 Å². The van der Waals surface area contributed by atoms with Crippen LogP contribution in [0, 0.1) is 0 Å². The number of halogens is 1. The lowest BCUT2D eigenvalue weighted by Crippen LogP contribution is -3.08. The second-order valence-electron chi connectivity index (χ2n) is 8.98. The predicted octanol–water partition coefficient (Wildman–Crippen LogP) is 1.86. The highest BCUT2D eigenvalue weighted by Gasteiger charge is 2.22. The zero-order valence-corrected chi connectivity index (χ0v) is 21.2. The average Bonchev–Trinajstić information content (AvgIpc) is 3.25. The van der Waals surface area contributed by atoms with Gasteiger partial charge in [-0.2, -0.15) is 0 Å². The van der Waals surface area contributed by atoms with Crippen molar-refractivity contribution in [3.63, 3.8) is 0 Å². The van der Waals surface area contributed by atoms with Gasteiger partial charge in [0, 0.05) is 0 Å². The summed E-state index contributed by atoms with van der Waals surface area (Å²) in [7, 11) is 0. The van der Waals surface area contributed by atoms with E-state index in [1.54, 1.807) is 0 Å². The molecule has 34 heavy (non-hydrogen) atoms. The first-order valence-corrected chi connectivity index (χ1v) is 11.7. The van der Waals surface area contributed by atoms with Crippen molar-refractivity contribution in [2.75, 3.05) is 19.8 Å². The van der Waals surface area contributed by atoms with Crippen molar-refractivity contribution in [2.45, 2.75) is 26.1 Å². The molecule has 5 rings (SSSR count). The smallest absolute Gasteiger partial charge is 0.157 e. The molecule has 0 spiro atoms. The Labute approximate surface area is 212 Å². The van der Waals surface area contributed by atoms with Gasteiger partial charge in [0.1, 0.15) is 36.5 Å². The number of fused-ring (bicyclic) bond motifs is 2. The summed E-state index contributed by atoms with van der Waals surface area (Å²) in [5.41, 5.74) is 0. The molecule has 0 radical (unpaired) electrons. The summed E-state index contributed by atoms with van der Waals surface area (Å²) in [5.74, 6) is 1.85. The molecule has 0 bridgehead atoms. The van der Waals surface area contributed by atoms with Gasteiger partial charge in [-0.3, -0.25) is 4.90 Å². The number of quaternary nitrogens is 1. The minimum Gasteiger partial charge on any atom is -1.00 e. The highest BCUT2D eigenvalue weighted by molar-refractivity contribution is 5.84. The molecule has 3 atom stereocenters. The van der Waals surface area contributed by atoms with Gasteiger partial charge < -0.3 is 31.4 Å². The number of rotatable bonds is 8. The zero-order valence-electron chi connectivity index (χ0n) is 19.7. The second kappa shape index (κ2) is 10.9. The van der Waals surface area contributed by atoms with Crippen molar-refractivity contribution < 1.29 is 31.4 Å². The van der Waals surface area contributed by atoms with Crippen molar-refractivity contribution in [2.24, 2.45) is 0 Å². The number of benzene rings is 4. The SMILES string of the molecule is CC(CN1C=C[NH+](CC(C)Oc2ccc3ccccc3c2)C1)Oc1ccc2ccccc2c1.[Br-]. The molecule has 0 aliphatic carbocycles. The van der Waals surface area contributed by atoms with Crippen LogP contribution < -0.4 is 31.4 Å². The normalized spacial score (nSPS) is 16.9. The molecule has 4 aromatic carbocycles. The number of nitrogens with one attached hydrogen (secondary N) is 1. The first kappa shape index (κ1) is 24.1. The third-order valence-electron chi connectivity index (χ3n) is 6.08. The van der Waals surface area contributed by atoms with Crippen LogP contribution in [0.15, 0.2) is 97.3 Å². The van der Waals surface area contributed by atoms with Crippen molar-refractivity contribution in [1.82, 2.24) is 4.90 Å². The summed E-state index contributed by atoms with van der Waals surface area (Å²) in [6.07, 6.45) is 4.62. The molecule has 1 heterocycles. The molecule has 3 unspecified atom stereocenters. The first-order chi connectivity index (χ1) is 16.1. The maximum absolute atomic E-state index is 6.22. The first-order valence-electron chi connectivity index (χ1n) is 11.7. The molecule has 1 aliphatic rings. The Kier molecular flexibility index (Phi) is 7.76. The van der Waals surface area contributed by atoms with Gasteiger partial charge in [-0.25, -0.2) is 0 Å². The number of ether oxygens (including phenoxy) is 2. The van der Waals surface area contributed by atoms with Crippen LogP contribution in [0.4, 0.5) is 0 Å². The van der Waals surface area contributed by atoms with Gasteiger partial charge >= 0.3 is 0 Å². The van der Waals surface area contributed by atoms with Crippen molar-refractivity contribution in [3.8, 4) is 11.5 Å². The van der Waals surface area contributed by atoms with E-state index in [-0.39, 0.29) is 29.2 Å². The lowest BCUT2D eigenvalue weighted by molar-refractivity contribution is -0.851. The molecule has 0 amide bonds. The number of hydrogen-bond donors (Lipinski definition) is 1. The van der Waals surface area contributed by atoms with E-state index in [2.05, 4.69) is 116 Å². The molecule has 4 nitrogen and oxygen atoms in total. The largest absolute Gasteiger partial charge is 1.00 e. The monoisotopic (exact) mass is 518 g/mol. The summed E-state index contributed by atoms with van der Waals surface area (Å²) in [4.78, 5) is 3.71. The van der Waals surface area contributed by atoms with E-state index < -0.39 is 0 Å². The van der Waals surface area contributed by atoms with E-state index in [1.165, 1.54) is 26.4 Å². The molecule has 0 fully saturated rings. The maximum atomic E-state index is 6.22. The van der Waals surface area contributed by atoms with Crippen LogP contribution in [0.3, 0.4) is 0 Å². The molecular weight excluding hydrogens is 488 g/mol. The summed E-state index contributed by atoms with van der Waals surface area (Å²) < 4.78 is 12.4. The lowest BCUT2D eigenvalue weighted by Gasteiger charge is -2.23. The molecule has 1 N–H and O–H groups in total. The zero-order chi connectivity index (χ0) is 22.6. The van der Waals surface area contributed by atoms with E-state index >= 15 is 0 Å². The van der Waals surface area contributed by atoms with Gasteiger partial charge in [-0.15, -0.1) is 0 Å². The molecule has 0 aromatic heterocycles. The van der Waals surface area contributed by atoms with Gasteiger partial charge in [0.15, 0.2) is 6.67 Å². The fourth-order valence-electron chi connectivity index (χ4n) is 4.56. The van der Waals surface area contributed by atoms with Crippen LogP contribution in [0.1, 0.15) is 13.8 Å². The van der Waals surface area contributed by atoms with E-state index in [0.29, 0.717) is 0 Å². The standard InChI is InChI=1S/C29H30N2O2.BrH/c1-22(32-28-13-11-24-7-3-5-9-26(24)17-28)19-30-15-16-31(21-30)20-23(2)33-29-14-12-25-8-4-6-10-27(25)18-29;/h3-18,22-23H,19-21H2,1-2H3;1H. The van der Waals surface area contributed by atoms with Crippen molar-refractivity contribution in [1.29, 1.82) is 0 Å². The van der Waals surface area contributed by atoms with Crippen molar-refractivity contribution in [3.05, 3.63) is 97.3 Å². The molecule has 1 aliphatic heterocycles. The molecule has 4 aromatic rings. The van der Waals surface area contributed by atoms with Crippen LogP contribution in [-0.4, -0.2) is 36.9 Å². The minimum absolute atomic E-state index is 0. The van der Waals surface area contributed by atoms with Gasteiger partial charge in [0.2, 0.25) is 0 Å². The molecular formula is C29H31BrN2O2. The third-order valence-corrected chi connectivity index (χ3v) is 6.08. The van der Waals surface area contributed by atoms with Crippen LogP contribution in [0.25, 0.3) is 21.5 Å². The van der Waals surface area contributed by atoms with Gasteiger partial charge in [0.25, 0.3) is 0 Å². The van der Waals surface area contributed by atoms with E-state index in [4.69, 9.17) is 9.47 Å². The highest BCUT2D eigenvalue weighted by atomic mass is 79.9. The summed E-state index contributed by atoms with van der Waals surface area (Å²) >= 11 is 0. The van der Waals surface area contributed by atoms with Crippen LogP contribution in [-0.2, 0) is 0 Å². The van der Waals surface area contributed by atoms with E-state index in [9.17, 15) is 0 Å². The molecule has 0 saturated heterocycles. The summed E-state index contributed by atoms with van der Waals surface area (Å²) in [5, 5.41) is 4.89. The lowest BCUT2D eigenvalue weighted by atomic mass is 10.1. The Hall–Kier alpha value is -3.02. The Bertz CT molecular complexity index is 1180. The van der Waals surface area contributed by atoms with E-state index in [1.807, 2.05) is 0 Å². The summed E-state index contributed by atoms with van der Waals surface area (Å²) in [6.45, 7) is 6.97. The van der Waals surface area contributed by atoms with Gasteiger partial charge in [0.05, 0.1) is 12.7 Å².